The van der Waals surface area contributed by atoms with Gasteiger partial charge in [0.05, 0.1) is 5.69 Å². The summed E-state index contributed by atoms with van der Waals surface area (Å²) in [4.78, 5) is 1.16. The van der Waals surface area contributed by atoms with Crippen LogP contribution in [0.2, 0.25) is 0 Å². The molecule has 0 aliphatic heterocycles. The molecule has 0 bridgehead atoms. The molecule has 3 nitrogen and oxygen atoms in total. The lowest BCUT2D eigenvalue weighted by Crippen LogP contribution is -2.10. The van der Waals surface area contributed by atoms with Crippen molar-refractivity contribution in [2.75, 3.05) is 0 Å². The second-order valence-electron chi connectivity index (χ2n) is 3.81. The number of nitrogens with zero attached hydrogens (tertiary/aromatic N) is 2. The van der Waals surface area contributed by atoms with Crippen LogP contribution in [0.15, 0.2) is 23.7 Å². The van der Waals surface area contributed by atoms with Crippen molar-refractivity contribution in [2.45, 2.75) is 32.9 Å². The van der Waals surface area contributed by atoms with Crippen LogP contribution in [0, 0.1) is 6.92 Å². The van der Waals surface area contributed by atoms with E-state index in [2.05, 4.69) is 12.0 Å². The van der Waals surface area contributed by atoms with E-state index in [1.54, 1.807) is 17.5 Å². The number of aliphatic hydroxyl groups excluding tert-OH is 1. The summed E-state index contributed by atoms with van der Waals surface area (Å²) < 4.78 is 1.88. The van der Waals surface area contributed by atoms with E-state index in [0.29, 0.717) is 0 Å². The summed E-state index contributed by atoms with van der Waals surface area (Å²) in [5.74, 6) is 0. The SMILES string of the molecule is CCCn1nccc1C(O)c1ccsc1C. The fraction of sp³-hybridized carbons (Fsp3) is 0.417. The highest BCUT2D eigenvalue weighted by molar-refractivity contribution is 7.10. The lowest BCUT2D eigenvalue weighted by Gasteiger charge is -2.12. The van der Waals surface area contributed by atoms with Crippen LogP contribution in [0.5, 0.6) is 0 Å². The summed E-state index contributed by atoms with van der Waals surface area (Å²) in [6.07, 6.45) is 2.21. The molecule has 1 N–H and O–H groups in total. The Morgan fingerprint density at radius 1 is 1.50 bits per heavy atom. The second-order valence-corrected chi connectivity index (χ2v) is 4.93. The maximum absolute atomic E-state index is 10.3. The largest absolute Gasteiger partial charge is 0.382 e. The number of aliphatic hydroxyl groups is 1. The van der Waals surface area contributed by atoms with Gasteiger partial charge in [-0.3, -0.25) is 4.68 Å². The van der Waals surface area contributed by atoms with Crippen LogP contribution in [0.3, 0.4) is 0 Å². The van der Waals surface area contributed by atoms with Crippen LogP contribution in [-0.2, 0) is 6.54 Å². The molecule has 0 radical (unpaired) electrons. The van der Waals surface area contributed by atoms with E-state index in [9.17, 15) is 5.11 Å². The average Bonchev–Trinajstić information content (AvgIpc) is 2.87. The van der Waals surface area contributed by atoms with Crippen LogP contribution in [-0.4, -0.2) is 14.9 Å². The first-order valence-corrected chi connectivity index (χ1v) is 6.35. The standard InChI is InChI=1S/C12H16N2OS/c1-3-7-14-11(4-6-13-14)12(15)10-5-8-16-9(10)2/h4-6,8,12,15H,3,7H2,1-2H3. The minimum atomic E-state index is -0.555. The number of aromatic nitrogens is 2. The zero-order valence-electron chi connectivity index (χ0n) is 9.55. The Labute approximate surface area is 99.4 Å². The fourth-order valence-corrected chi connectivity index (χ4v) is 2.55. The van der Waals surface area contributed by atoms with Crippen LogP contribution >= 0.6 is 11.3 Å². The summed E-state index contributed by atoms with van der Waals surface area (Å²) in [6.45, 7) is 4.99. The van der Waals surface area contributed by atoms with Gasteiger partial charge in [-0.1, -0.05) is 6.92 Å². The summed E-state index contributed by atoms with van der Waals surface area (Å²) in [7, 11) is 0. The third-order valence-corrected chi connectivity index (χ3v) is 3.52. The van der Waals surface area contributed by atoms with Gasteiger partial charge in [0.25, 0.3) is 0 Å². The molecule has 1 unspecified atom stereocenters. The highest BCUT2D eigenvalue weighted by Gasteiger charge is 2.17. The first-order valence-electron chi connectivity index (χ1n) is 5.47. The van der Waals surface area contributed by atoms with Crippen molar-refractivity contribution in [3.8, 4) is 0 Å². The highest BCUT2D eigenvalue weighted by Crippen LogP contribution is 2.27. The molecule has 2 rings (SSSR count). The molecule has 0 fully saturated rings. The van der Waals surface area contributed by atoms with Gasteiger partial charge in [0.15, 0.2) is 0 Å². The zero-order chi connectivity index (χ0) is 11.5. The highest BCUT2D eigenvalue weighted by atomic mass is 32.1. The average molecular weight is 236 g/mol. The van der Waals surface area contributed by atoms with E-state index < -0.39 is 6.10 Å². The van der Waals surface area contributed by atoms with Crippen molar-refractivity contribution >= 4 is 11.3 Å². The topological polar surface area (TPSA) is 38.0 Å². The van der Waals surface area contributed by atoms with E-state index in [1.165, 1.54) is 0 Å². The number of aryl methyl sites for hydroxylation is 2. The van der Waals surface area contributed by atoms with Gasteiger partial charge in [0, 0.05) is 23.2 Å². The van der Waals surface area contributed by atoms with Gasteiger partial charge >= 0.3 is 0 Å². The molecule has 0 aliphatic rings. The molecular formula is C12H16N2OS. The molecule has 0 amide bonds. The summed E-state index contributed by atoms with van der Waals surface area (Å²) >= 11 is 1.66. The Kier molecular flexibility index (Phi) is 3.41. The van der Waals surface area contributed by atoms with E-state index in [1.807, 2.05) is 29.1 Å². The van der Waals surface area contributed by atoms with E-state index >= 15 is 0 Å². The molecule has 0 saturated carbocycles. The summed E-state index contributed by atoms with van der Waals surface area (Å²) in [6, 6.07) is 3.87. The van der Waals surface area contributed by atoms with Crippen molar-refractivity contribution < 1.29 is 5.11 Å². The number of rotatable bonds is 4. The van der Waals surface area contributed by atoms with E-state index in [4.69, 9.17) is 0 Å². The van der Waals surface area contributed by atoms with Gasteiger partial charge in [-0.25, -0.2) is 0 Å². The molecule has 1 atom stereocenters. The normalized spacial score (nSPS) is 12.9. The number of hydrogen-bond donors (Lipinski definition) is 1. The second kappa shape index (κ2) is 4.80. The number of thiophene rings is 1. The molecule has 0 aliphatic carbocycles. The van der Waals surface area contributed by atoms with Crippen molar-refractivity contribution in [3.05, 3.63) is 39.8 Å². The lowest BCUT2D eigenvalue weighted by atomic mass is 10.1. The van der Waals surface area contributed by atoms with Crippen molar-refractivity contribution in [1.82, 2.24) is 9.78 Å². The molecule has 2 aromatic heterocycles. The minimum absolute atomic E-state index is 0.555. The van der Waals surface area contributed by atoms with Gasteiger partial charge < -0.3 is 5.11 Å². The Morgan fingerprint density at radius 3 is 2.94 bits per heavy atom. The van der Waals surface area contributed by atoms with Crippen LogP contribution in [0.1, 0.15) is 35.6 Å². The third kappa shape index (κ3) is 2.03. The zero-order valence-corrected chi connectivity index (χ0v) is 10.4. The molecule has 2 heterocycles. The van der Waals surface area contributed by atoms with Crippen molar-refractivity contribution in [1.29, 1.82) is 0 Å². The predicted molar refractivity (Wildman–Crippen MR) is 65.6 cm³/mol. The molecule has 86 valence electrons. The smallest absolute Gasteiger partial charge is 0.122 e. The first kappa shape index (κ1) is 11.4. The minimum Gasteiger partial charge on any atom is -0.382 e. The van der Waals surface area contributed by atoms with Crippen LogP contribution in [0.4, 0.5) is 0 Å². The lowest BCUT2D eigenvalue weighted by molar-refractivity contribution is 0.207. The number of hydrogen-bond acceptors (Lipinski definition) is 3. The van der Waals surface area contributed by atoms with Crippen LogP contribution in [0.25, 0.3) is 0 Å². The van der Waals surface area contributed by atoms with Gasteiger partial charge in [-0.15, -0.1) is 11.3 Å². The first-order chi connectivity index (χ1) is 7.74. The Balaban J connectivity index is 2.30. The molecular weight excluding hydrogens is 220 g/mol. The molecule has 16 heavy (non-hydrogen) atoms. The van der Waals surface area contributed by atoms with Gasteiger partial charge in [-0.2, -0.15) is 5.10 Å². The molecule has 2 aromatic rings. The summed E-state index contributed by atoms with van der Waals surface area (Å²) in [5.41, 5.74) is 1.87. The monoisotopic (exact) mass is 236 g/mol. The Bertz CT molecular complexity index is 461. The maximum atomic E-state index is 10.3. The fourth-order valence-electron chi connectivity index (χ4n) is 1.81. The molecule has 0 spiro atoms. The van der Waals surface area contributed by atoms with Crippen molar-refractivity contribution in [2.24, 2.45) is 0 Å². The molecule has 4 heteroatoms. The maximum Gasteiger partial charge on any atom is 0.122 e. The summed E-state index contributed by atoms with van der Waals surface area (Å²) in [5, 5.41) is 16.5. The predicted octanol–water partition coefficient (Wildman–Crippen LogP) is 2.74. The third-order valence-electron chi connectivity index (χ3n) is 2.66. The van der Waals surface area contributed by atoms with E-state index in [0.717, 1.165) is 29.1 Å². The van der Waals surface area contributed by atoms with Gasteiger partial charge in [0.1, 0.15) is 6.10 Å². The van der Waals surface area contributed by atoms with Crippen LogP contribution < -0.4 is 0 Å². The quantitative estimate of drug-likeness (QED) is 0.886. The molecule has 0 aromatic carbocycles. The van der Waals surface area contributed by atoms with E-state index in [-0.39, 0.29) is 0 Å². The van der Waals surface area contributed by atoms with Gasteiger partial charge in [-0.05, 0) is 30.9 Å². The Morgan fingerprint density at radius 2 is 2.31 bits per heavy atom. The van der Waals surface area contributed by atoms with Crippen molar-refractivity contribution in [3.63, 3.8) is 0 Å². The Hall–Kier alpha value is -1.13. The van der Waals surface area contributed by atoms with Gasteiger partial charge in [0.2, 0.25) is 0 Å². The molecule has 0 saturated heterocycles.